The number of hydrogen-bond acceptors (Lipinski definition) is 4. The summed E-state index contributed by atoms with van der Waals surface area (Å²) >= 11 is 5.80. The maximum absolute atomic E-state index is 13.0. The Labute approximate surface area is 173 Å². The van der Waals surface area contributed by atoms with Crippen LogP contribution >= 0.6 is 11.6 Å². The molecule has 0 saturated carbocycles. The monoisotopic (exact) mass is 427 g/mol. The first-order valence-corrected chi connectivity index (χ1v) is 10.3. The van der Waals surface area contributed by atoms with Crippen LogP contribution in [0.4, 0.5) is 4.39 Å². The molecule has 0 heterocycles. The van der Waals surface area contributed by atoms with Gasteiger partial charge in [-0.3, -0.25) is 0 Å². The molecule has 0 unspecified atom stereocenters. The Hall–Kier alpha value is -3.14. The van der Waals surface area contributed by atoms with Gasteiger partial charge in [0.15, 0.2) is 0 Å². The molecule has 3 aromatic rings. The number of nitriles is 1. The van der Waals surface area contributed by atoms with Gasteiger partial charge in [0.1, 0.15) is 29.1 Å². The van der Waals surface area contributed by atoms with Crippen molar-refractivity contribution in [3.63, 3.8) is 0 Å². The minimum Gasteiger partial charge on any atom is -0.489 e. The van der Waals surface area contributed by atoms with Crippen LogP contribution in [0, 0.1) is 17.1 Å². The minimum atomic E-state index is -3.97. The molecule has 29 heavy (non-hydrogen) atoms. The molecule has 3 aromatic carbocycles. The number of halogens is 2. The molecule has 0 aliphatic heterocycles. The second-order valence-electron chi connectivity index (χ2n) is 6.07. The molecule has 4 nitrogen and oxygen atoms in total. The smallest absolute Gasteiger partial charge is 0.216 e. The Balaban J connectivity index is 1.82. The van der Waals surface area contributed by atoms with E-state index in [1.54, 1.807) is 42.5 Å². The predicted octanol–water partition coefficient (Wildman–Crippen LogP) is 5.40. The van der Waals surface area contributed by atoms with Crippen LogP contribution in [0.25, 0.3) is 6.08 Å². The van der Waals surface area contributed by atoms with Gasteiger partial charge < -0.3 is 4.74 Å². The van der Waals surface area contributed by atoms with E-state index in [1.165, 1.54) is 42.5 Å². The van der Waals surface area contributed by atoms with E-state index in [-0.39, 0.29) is 17.3 Å². The molecule has 0 aliphatic carbocycles. The molecule has 0 saturated heterocycles. The number of hydrogen-bond donors (Lipinski definition) is 0. The van der Waals surface area contributed by atoms with Crippen molar-refractivity contribution in [1.29, 1.82) is 5.26 Å². The molecular formula is C22H15ClFNO3S. The zero-order valence-corrected chi connectivity index (χ0v) is 16.6. The molecule has 7 heteroatoms. The summed E-state index contributed by atoms with van der Waals surface area (Å²) in [5, 5.41) is 9.80. The van der Waals surface area contributed by atoms with Gasteiger partial charge in [0.05, 0.1) is 4.90 Å². The van der Waals surface area contributed by atoms with E-state index in [1.807, 2.05) is 0 Å². The highest BCUT2D eigenvalue weighted by Gasteiger charge is 2.20. The summed E-state index contributed by atoms with van der Waals surface area (Å²) in [6.45, 7) is 0.224. The Kier molecular flexibility index (Phi) is 6.32. The van der Waals surface area contributed by atoms with Crippen LogP contribution in [0.2, 0.25) is 5.02 Å². The van der Waals surface area contributed by atoms with Gasteiger partial charge in [0, 0.05) is 5.02 Å². The largest absolute Gasteiger partial charge is 0.489 e. The van der Waals surface area contributed by atoms with E-state index in [9.17, 15) is 18.1 Å². The number of ether oxygens (including phenoxy) is 1. The van der Waals surface area contributed by atoms with E-state index in [2.05, 4.69) is 0 Å². The van der Waals surface area contributed by atoms with Crippen molar-refractivity contribution in [2.75, 3.05) is 0 Å². The topological polar surface area (TPSA) is 67.2 Å². The second kappa shape index (κ2) is 8.91. The molecule has 0 fully saturated rings. The van der Waals surface area contributed by atoms with Gasteiger partial charge in [-0.05, 0) is 65.7 Å². The van der Waals surface area contributed by atoms with Gasteiger partial charge in [0.2, 0.25) is 9.84 Å². The third-order valence-electron chi connectivity index (χ3n) is 4.00. The summed E-state index contributed by atoms with van der Waals surface area (Å²) in [4.78, 5) is -0.408. The van der Waals surface area contributed by atoms with Crippen LogP contribution in [0.1, 0.15) is 11.1 Å². The van der Waals surface area contributed by atoms with Crippen molar-refractivity contribution in [3.8, 4) is 11.8 Å². The Morgan fingerprint density at radius 2 is 1.76 bits per heavy atom. The quantitative estimate of drug-likeness (QED) is 0.494. The van der Waals surface area contributed by atoms with Crippen molar-refractivity contribution in [2.45, 2.75) is 11.5 Å². The fourth-order valence-corrected chi connectivity index (χ4v) is 3.79. The number of rotatable bonds is 6. The van der Waals surface area contributed by atoms with Crippen molar-refractivity contribution in [3.05, 3.63) is 99.7 Å². The lowest BCUT2D eigenvalue weighted by atomic mass is 10.2. The van der Waals surface area contributed by atoms with Crippen molar-refractivity contribution in [1.82, 2.24) is 0 Å². The molecular weight excluding hydrogens is 413 g/mol. The van der Waals surface area contributed by atoms with Crippen molar-refractivity contribution < 1.29 is 17.5 Å². The third kappa shape index (κ3) is 5.23. The highest BCUT2D eigenvalue weighted by Crippen LogP contribution is 2.24. The van der Waals surface area contributed by atoms with Gasteiger partial charge in [-0.1, -0.05) is 35.9 Å². The van der Waals surface area contributed by atoms with Crippen molar-refractivity contribution >= 4 is 27.5 Å². The zero-order valence-electron chi connectivity index (χ0n) is 15.0. The molecule has 0 radical (unpaired) electrons. The Bertz CT molecular complexity index is 1180. The first kappa shape index (κ1) is 20.6. The number of sulfone groups is 1. The number of nitrogens with zero attached hydrogens (tertiary/aromatic N) is 1. The van der Waals surface area contributed by atoms with Gasteiger partial charge in [-0.15, -0.1) is 0 Å². The average molecular weight is 428 g/mol. The lowest BCUT2D eigenvalue weighted by Gasteiger charge is -2.08. The van der Waals surface area contributed by atoms with E-state index < -0.39 is 14.7 Å². The molecule has 0 aliphatic rings. The molecule has 0 aromatic heterocycles. The van der Waals surface area contributed by atoms with Gasteiger partial charge in [0.25, 0.3) is 0 Å². The standard InChI is InChI=1S/C22H15ClFNO3S/c23-18-6-10-21(11-7-18)29(26,27)22(14-25)13-17-2-1-3-20(12-17)28-15-16-4-8-19(24)9-5-16/h1-13H,15H2/b22-13-. The second-order valence-corrected chi connectivity index (χ2v) is 8.42. The first-order chi connectivity index (χ1) is 13.9. The molecule has 146 valence electrons. The maximum atomic E-state index is 13.0. The molecule has 0 amide bonds. The summed E-state index contributed by atoms with van der Waals surface area (Å²) in [5.41, 5.74) is 1.28. The zero-order chi connectivity index (χ0) is 20.9. The van der Waals surface area contributed by atoms with Crippen molar-refractivity contribution in [2.24, 2.45) is 0 Å². The van der Waals surface area contributed by atoms with Crippen LogP contribution in [0.5, 0.6) is 5.75 Å². The summed E-state index contributed by atoms with van der Waals surface area (Å²) in [6.07, 6.45) is 1.29. The average Bonchev–Trinajstić information content (AvgIpc) is 2.72. The maximum Gasteiger partial charge on any atom is 0.216 e. The highest BCUT2D eigenvalue weighted by atomic mass is 35.5. The summed E-state index contributed by atoms with van der Waals surface area (Å²) < 4.78 is 44.1. The van der Waals surface area contributed by atoms with E-state index in [0.717, 1.165) is 5.56 Å². The minimum absolute atomic E-state index is 0.0154. The van der Waals surface area contributed by atoms with E-state index in [4.69, 9.17) is 16.3 Å². The van der Waals surface area contributed by atoms with E-state index >= 15 is 0 Å². The third-order valence-corrected chi connectivity index (χ3v) is 5.93. The van der Waals surface area contributed by atoms with Crippen LogP contribution in [-0.4, -0.2) is 8.42 Å². The number of benzene rings is 3. The predicted molar refractivity (Wildman–Crippen MR) is 109 cm³/mol. The fourth-order valence-electron chi connectivity index (χ4n) is 2.50. The lowest BCUT2D eigenvalue weighted by molar-refractivity contribution is 0.306. The highest BCUT2D eigenvalue weighted by molar-refractivity contribution is 7.95. The van der Waals surface area contributed by atoms with Crippen LogP contribution in [0.3, 0.4) is 0 Å². The van der Waals surface area contributed by atoms with Crippen LogP contribution < -0.4 is 4.74 Å². The SMILES string of the molecule is N#C/C(=C/c1cccc(OCc2ccc(F)cc2)c1)S(=O)(=O)c1ccc(Cl)cc1. The molecule has 0 N–H and O–H groups in total. The fraction of sp³-hybridized carbons (Fsp3) is 0.0455. The van der Waals surface area contributed by atoms with Gasteiger partial charge in [-0.25, -0.2) is 12.8 Å². The number of allylic oxidation sites excluding steroid dienone is 1. The molecule has 0 atom stereocenters. The summed E-state index contributed by atoms with van der Waals surface area (Å²) in [6, 6.07) is 20.0. The molecule has 3 rings (SSSR count). The summed E-state index contributed by atoms with van der Waals surface area (Å²) in [7, 11) is -3.97. The van der Waals surface area contributed by atoms with Crippen LogP contribution in [-0.2, 0) is 16.4 Å². The van der Waals surface area contributed by atoms with Gasteiger partial charge >= 0.3 is 0 Å². The Morgan fingerprint density at radius 1 is 1.07 bits per heavy atom. The molecule has 0 spiro atoms. The van der Waals surface area contributed by atoms with Crippen LogP contribution in [0.15, 0.2) is 82.6 Å². The lowest BCUT2D eigenvalue weighted by Crippen LogP contribution is -2.03. The Morgan fingerprint density at radius 3 is 2.41 bits per heavy atom. The van der Waals surface area contributed by atoms with E-state index in [0.29, 0.717) is 16.3 Å². The normalized spacial score (nSPS) is 11.7. The summed E-state index contributed by atoms with van der Waals surface area (Å²) in [5.74, 6) is 0.163. The van der Waals surface area contributed by atoms with Gasteiger partial charge in [-0.2, -0.15) is 5.26 Å². The first-order valence-electron chi connectivity index (χ1n) is 8.48. The molecule has 0 bridgehead atoms.